The summed E-state index contributed by atoms with van der Waals surface area (Å²) >= 11 is 5.33. The van der Waals surface area contributed by atoms with Crippen LogP contribution in [-0.2, 0) is 72.7 Å². The number of fused-ring (bicyclic) bond motifs is 2. The Morgan fingerprint density at radius 1 is 0.515 bits per heavy atom. The average molecular weight is 1390 g/mol. The Balaban J connectivity index is 0.000000196. The van der Waals surface area contributed by atoms with E-state index in [0.717, 1.165) is 61.4 Å². The van der Waals surface area contributed by atoms with Crippen LogP contribution in [0.2, 0.25) is 0 Å². The lowest BCUT2D eigenvalue weighted by Crippen LogP contribution is -2.25. The summed E-state index contributed by atoms with van der Waals surface area (Å²) in [5.74, 6) is -8.83. The van der Waals surface area contributed by atoms with E-state index in [4.69, 9.17) is 32.9 Å². The molecule has 6 aromatic carbocycles. The zero-order valence-electron chi connectivity index (χ0n) is 52.7. The molecule has 0 saturated heterocycles. The molecular formula is C74H63ClF10N8O6. The lowest BCUT2D eigenvalue weighted by molar-refractivity contribution is -0.189. The zero-order valence-corrected chi connectivity index (χ0v) is 53.5. The van der Waals surface area contributed by atoms with E-state index in [0.29, 0.717) is 100 Å². The Kier molecular flexibility index (Phi) is 22.6. The SMILES string of the molecule is NC(=O)c1cc(-c2cccnc2[C@@H](CC(=O)Cn2nc(C(F)(F)Cl)c3c2CCCC3)Cc2cc(F)cc(F)c2)ccc1F.NC(=O)c1cc(-c2cccnc2[C@@H](CC(=O)Cn2nc(C(F)(F)Oc3ccccc3)c3c2CCCC3)Cc2cc(F)cc(F)c2)ccc1F.Oc1ccccc1. The molecule has 0 unspecified atom stereocenters. The fourth-order valence-corrected chi connectivity index (χ4v) is 12.6. The number of ether oxygens (including phenoxy) is 1. The number of alkyl halides is 5. The number of aromatic nitrogens is 6. The van der Waals surface area contributed by atoms with Crippen molar-refractivity contribution >= 4 is 35.0 Å². The lowest BCUT2D eigenvalue weighted by Gasteiger charge is -2.20. The highest BCUT2D eigenvalue weighted by Crippen LogP contribution is 2.41. The number of rotatable bonds is 22. The van der Waals surface area contributed by atoms with Crippen LogP contribution in [0.4, 0.5) is 43.9 Å². The Hall–Kier alpha value is -10.5. The summed E-state index contributed by atoms with van der Waals surface area (Å²) < 4.78 is 152. The van der Waals surface area contributed by atoms with Crippen LogP contribution < -0.4 is 16.2 Å². The third kappa shape index (κ3) is 18.0. The summed E-state index contributed by atoms with van der Waals surface area (Å²) in [6.07, 6.45) is 3.21. The number of nitrogens with two attached hydrogens (primary N) is 2. The molecule has 4 heterocycles. The van der Waals surface area contributed by atoms with Crippen molar-refractivity contribution in [3.05, 3.63) is 273 Å². The first-order valence-electron chi connectivity index (χ1n) is 31.4. The van der Waals surface area contributed by atoms with Gasteiger partial charge in [0.15, 0.2) is 23.0 Å². The number of hydrogen-bond acceptors (Lipinski definition) is 10. The molecule has 25 heteroatoms. The minimum atomic E-state index is -3.76. The van der Waals surface area contributed by atoms with E-state index in [9.17, 15) is 54.3 Å². The number of carbonyl (C=O) groups is 4. The number of amides is 2. The molecule has 0 aliphatic heterocycles. The number of pyridine rings is 2. The molecule has 10 aromatic rings. The second-order valence-electron chi connectivity index (χ2n) is 23.9. The number of carbonyl (C=O) groups excluding carboxylic acids is 4. The topological polar surface area (TPSA) is 211 Å². The molecule has 4 aromatic heterocycles. The van der Waals surface area contributed by atoms with Gasteiger partial charge in [0, 0.05) is 82.8 Å². The summed E-state index contributed by atoms with van der Waals surface area (Å²) in [5, 5.41) is 13.2. The largest absolute Gasteiger partial charge is 0.508 e. The van der Waals surface area contributed by atoms with Crippen LogP contribution in [0.15, 0.2) is 170 Å². The van der Waals surface area contributed by atoms with E-state index in [-0.39, 0.29) is 66.8 Å². The van der Waals surface area contributed by atoms with Crippen LogP contribution in [0, 0.1) is 34.9 Å². The van der Waals surface area contributed by atoms with Gasteiger partial charge in [0.2, 0.25) is 0 Å². The molecule has 5 N–H and O–H groups in total. The van der Waals surface area contributed by atoms with Crippen molar-refractivity contribution < 1.29 is 72.9 Å². The van der Waals surface area contributed by atoms with Crippen LogP contribution in [0.25, 0.3) is 22.3 Å². The summed E-state index contributed by atoms with van der Waals surface area (Å²) in [5.41, 5.74) is 13.5. The number of phenolic OH excluding ortho intramolecular Hbond substituents is 1. The highest BCUT2D eigenvalue weighted by atomic mass is 35.5. The van der Waals surface area contributed by atoms with Crippen LogP contribution in [0.3, 0.4) is 0 Å². The molecule has 0 fully saturated rings. The number of para-hydroxylation sites is 2. The Morgan fingerprint density at radius 2 is 0.919 bits per heavy atom. The Morgan fingerprint density at radius 3 is 1.32 bits per heavy atom. The minimum Gasteiger partial charge on any atom is -0.508 e. The number of phenols is 1. The van der Waals surface area contributed by atoms with Gasteiger partial charge in [-0.15, -0.1) is 0 Å². The van der Waals surface area contributed by atoms with Crippen LogP contribution >= 0.6 is 11.6 Å². The van der Waals surface area contributed by atoms with Gasteiger partial charge in [-0.1, -0.05) is 60.7 Å². The van der Waals surface area contributed by atoms with Gasteiger partial charge in [0.25, 0.3) is 11.8 Å². The molecule has 12 rings (SSSR count). The molecule has 14 nitrogen and oxygen atoms in total. The molecule has 0 bridgehead atoms. The predicted molar refractivity (Wildman–Crippen MR) is 348 cm³/mol. The quantitative estimate of drug-likeness (QED) is 0.0431. The van der Waals surface area contributed by atoms with Gasteiger partial charge >= 0.3 is 11.5 Å². The molecule has 99 heavy (non-hydrogen) atoms. The highest BCUT2D eigenvalue weighted by Gasteiger charge is 2.43. The molecule has 512 valence electrons. The smallest absolute Gasteiger partial charge is 0.446 e. The summed E-state index contributed by atoms with van der Waals surface area (Å²) in [4.78, 5) is 60.0. The number of halogens is 11. The molecule has 2 aliphatic carbocycles. The first-order valence-corrected chi connectivity index (χ1v) is 31.8. The second kappa shape index (κ2) is 31.4. The van der Waals surface area contributed by atoms with Gasteiger partial charge in [-0.3, -0.25) is 38.5 Å². The van der Waals surface area contributed by atoms with Crippen molar-refractivity contribution in [3.63, 3.8) is 0 Å². The van der Waals surface area contributed by atoms with Gasteiger partial charge in [0.05, 0.1) is 35.6 Å². The monoisotopic (exact) mass is 1380 g/mol. The third-order valence-electron chi connectivity index (χ3n) is 16.7. The summed E-state index contributed by atoms with van der Waals surface area (Å²) in [7, 11) is 0. The summed E-state index contributed by atoms with van der Waals surface area (Å²) in [6.45, 7) is -0.670. The van der Waals surface area contributed by atoms with Crippen molar-refractivity contribution in [1.29, 1.82) is 0 Å². The zero-order chi connectivity index (χ0) is 70.7. The Labute approximate surface area is 566 Å². The Bertz CT molecular complexity index is 4550. The third-order valence-corrected chi connectivity index (χ3v) is 16.9. The maximum Gasteiger partial charge on any atom is 0.446 e. The first-order chi connectivity index (χ1) is 47.3. The lowest BCUT2D eigenvalue weighted by atomic mass is 9.86. The standard InChI is InChI=1S/C37H31F5N4O3.C31H26ClF5N4O2.C6H6O/c38-25-16-22(17-26(39)20-25)15-24(34-29(10-6-14-44-34)23-12-13-32(40)31(19-23)36(43)48)18-27(47)21-46-33-11-5-4-9-30(33)35(45-46)37(41,42)49-28-7-2-1-3-8-28;32-31(36,37)29-24-4-1-2-6-27(24)41(40-29)16-22(42)13-19(10-17-11-20(33)15-21(34)12-17)28-23(5-3-9-39-28)18-7-8-26(35)25(14-18)30(38)43;7-6-4-2-1-3-5-6/h1-3,6-8,10,12-14,16-17,19-20,24H,4-5,9,11,15,18,21H2,(H2,43,48);3,5,7-9,11-12,14-15,19H,1-2,4,6,10,13,16H2,(H2,38,43);1-5,7H/t24-;19-;/m11./s1. The van der Waals surface area contributed by atoms with E-state index in [2.05, 4.69) is 20.2 Å². The molecule has 0 saturated carbocycles. The number of ketones is 2. The van der Waals surface area contributed by atoms with Crippen molar-refractivity contribution in [2.45, 2.75) is 113 Å². The first kappa shape index (κ1) is 71.3. The molecule has 0 spiro atoms. The number of benzene rings is 6. The minimum absolute atomic E-state index is 0.0173. The van der Waals surface area contributed by atoms with Gasteiger partial charge in [0.1, 0.15) is 46.4 Å². The molecule has 2 amide bonds. The van der Waals surface area contributed by atoms with Crippen molar-refractivity contribution in [3.8, 4) is 33.8 Å². The van der Waals surface area contributed by atoms with Crippen LogP contribution in [0.5, 0.6) is 11.5 Å². The van der Waals surface area contributed by atoms with E-state index in [1.165, 1.54) is 58.2 Å². The molecular weight excluding hydrogens is 1320 g/mol. The molecule has 2 aliphatic rings. The van der Waals surface area contributed by atoms with Crippen molar-refractivity contribution in [1.82, 2.24) is 29.5 Å². The number of primary amides is 2. The average Bonchev–Trinajstić information content (AvgIpc) is 1.51. The van der Waals surface area contributed by atoms with Gasteiger partial charge < -0.3 is 21.3 Å². The van der Waals surface area contributed by atoms with Crippen molar-refractivity contribution in [2.24, 2.45) is 11.5 Å². The van der Waals surface area contributed by atoms with Gasteiger partial charge in [-0.05, 0) is 183 Å². The molecule has 2 atom stereocenters. The van der Waals surface area contributed by atoms with E-state index in [1.54, 1.807) is 66.7 Å². The number of aromatic hydroxyl groups is 1. The highest BCUT2D eigenvalue weighted by molar-refractivity contribution is 6.21. The second-order valence-corrected chi connectivity index (χ2v) is 24.4. The fourth-order valence-electron chi connectivity index (χ4n) is 12.5. The number of nitrogens with zero attached hydrogens (tertiary/aromatic N) is 6. The normalized spacial score (nSPS) is 13.3. The molecule has 0 radical (unpaired) electrons. The summed E-state index contributed by atoms with van der Waals surface area (Å²) in [6, 6.07) is 36.5. The van der Waals surface area contributed by atoms with Crippen LogP contribution in [0.1, 0.15) is 127 Å². The van der Waals surface area contributed by atoms with E-state index in [1.807, 2.05) is 6.07 Å². The fraction of sp³-hybridized carbons (Fsp3) is 0.243. The van der Waals surface area contributed by atoms with E-state index < -0.39 is 93.0 Å². The number of hydrogen-bond donors (Lipinski definition) is 3. The van der Waals surface area contributed by atoms with Gasteiger partial charge in [-0.2, -0.15) is 27.8 Å². The maximum atomic E-state index is 15.5. The van der Waals surface area contributed by atoms with E-state index >= 15 is 8.78 Å². The number of Topliss-reactive ketones (excluding diaryl/α,β-unsaturated/α-hetero) is 2. The van der Waals surface area contributed by atoms with Crippen molar-refractivity contribution in [2.75, 3.05) is 0 Å². The predicted octanol–water partition coefficient (Wildman–Crippen LogP) is 15.5. The maximum absolute atomic E-state index is 15.5. The van der Waals surface area contributed by atoms with Crippen LogP contribution in [-0.4, -0.2) is 58.0 Å². The van der Waals surface area contributed by atoms with Gasteiger partial charge in [-0.25, -0.2) is 26.3 Å².